The first kappa shape index (κ1) is 15.0. The van der Waals surface area contributed by atoms with Crippen molar-refractivity contribution >= 4 is 23.5 Å². The van der Waals surface area contributed by atoms with E-state index < -0.39 is 0 Å². The number of anilines is 2. The molecule has 8 nitrogen and oxygen atoms in total. The quantitative estimate of drug-likeness (QED) is 0.678. The second kappa shape index (κ2) is 6.16. The summed E-state index contributed by atoms with van der Waals surface area (Å²) in [6, 6.07) is 10.6. The van der Waals surface area contributed by atoms with Gasteiger partial charge in [0.15, 0.2) is 5.82 Å². The molecular formula is C17H14N6O2. The lowest BCUT2D eigenvalue weighted by molar-refractivity contribution is -0.116. The third kappa shape index (κ3) is 3.09. The molecule has 0 fully saturated rings. The average molecular weight is 334 g/mol. The average Bonchev–Trinajstić information content (AvgIpc) is 3.10. The van der Waals surface area contributed by atoms with E-state index in [1.54, 1.807) is 36.5 Å². The lowest BCUT2D eigenvalue weighted by Crippen LogP contribution is -2.20. The predicted molar refractivity (Wildman–Crippen MR) is 91.0 cm³/mol. The first-order chi connectivity index (χ1) is 12.2. The van der Waals surface area contributed by atoms with Gasteiger partial charge in [-0.3, -0.25) is 25.0 Å². The van der Waals surface area contributed by atoms with Crippen LogP contribution in [0, 0.1) is 0 Å². The monoisotopic (exact) mass is 334 g/mol. The largest absolute Gasteiger partial charge is 0.326 e. The minimum absolute atomic E-state index is 0.00697. The molecule has 1 aliphatic heterocycles. The smallest absolute Gasteiger partial charge is 0.258 e. The number of pyridine rings is 1. The topological polar surface area (TPSA) is 113 Å². The summed E-state index contributed by atoms with van der Waals surface area (Å²) in [6.45, 7) is 0. The number of aromatic amines is 1. The lowest BCUT2D eigenvalue weighted by atomic mass is 10.0. The normalized spacial score (nSPS) is 13.0. The van der Waals surface area contributed by atoms with Gasteiger partial charge in [-0.05, 0) is 42.3 Å². The molecule has 0 atom stereocenters. The molecule has 0 unspecified atom stereocenters. The third-order valence-electron chi connectivity index (χ3n) is 3.88. The highest BCUT2D eigenvalue weighted by Crippen LogP contribution is 2.24. The molecule has 0 saturated heterocycles. The summed E-state index contributed by atoms with van der Waals surface area (Å²) in [4.78, 5) is 32.2. The Hall–Kier alpha value is -3.55. The molecule has 0 saturated carbocycles. The zero-order chi connectivity index (χ0) is 17.2. The first-order valence-corrected chi connectivity index (χ1v) is 7.77. The van der Waals surface area contributed by atoms with Crippen molar-refractivity contribution in [2.45, 2.75) is 12.8 Å². The molecule has 0 radical (unpaired) electrons. The summed E-state index contributed by atoms with van der Waals surface area (Å²) in [5.74, 6) is 0.333. The van der Waals surface area contributed by atoms with Crippen molar-refractivity contribution in [1.82, 2.24) is 20.2 Å². The second-order valence-corrected chi connectivity index (χ2v) is 5.60. The highest BCUT2D eigenvalue weighted by molar-refractivity contribution is 6.04. The minimum Gasteiger partial charge on any atom is -0.326 e. The van der Waals surface area contributed by atoms with E-state index >= 15 is 0 Å². The number of nitrogens with zero attached hydrogens (tertiary/aromatic N) is 3. The van der Waals surface area contributed by atoms with Crippen molar-refractivity contribution in [2.75, 3.05) is 10.6 Å². The maximum atomic E-state index is 12.4. The minimum atomic E-state index is -0.314. The molecule has 124 valence electrons. The summed E-state index contributed by atoms with van der Waals surface area (Å²) >= 11 is 0. The molecule has 0 bridgehead atoms. The summed E-state index contributed by atoms with van der Waals surface area (Å²) in [7, 11) is 0. The lowest BCUT2D eigenvalue weighted by Gasteiger charge is -2.17. The van der Waals surface area contributed by atoms with Crippen LogP contribution in [0.15, 0.2) is 42.6 Å². The Balaban J connectivity index is 1.51. The Bertz CT molecular complexity index is 951. The van der Waals surface area contributed by atoms with E-state index in [1.165, 1.54) is 0 Å². The van der Waals surface area contributed by atoms with Crippen molar-refractivity contribution in [2.24, 2.45) is 0 Å². The molecule has 2 aromatic heterocycles. The van der Waals surface area contributed by atoms with E-state index in [4.69, 9.17) is 0 Å². The molecule has 3 N–H and O–H groups in total. The maximum absolute atomic E-state index is 12.4. The Kier molecular flexibility index (Phi) is 3.70. The van der Waals surface area contributed by atoms with Crippen LogP contribution in [-0.2, 0) is 11.2 Å². The van der Waals surface area contributed by atoms with Crippen molar-refractivity contribution in [3.05, 3.63) is 53.7 Å². The van der Waals surface area contributed by atoms with E-state index in [2.05, 4.69) is 30.8 Å². The van der Waals surface area contributed by atoms with Crippen molar-refractivity contribution in [3.63, 3.8) is 0 Å². The number of rotatable bonds is 3. The molecule has 0 spiro atoms. The van der Waals surface area contributed by atoms with Gasteiger partial charge in [-0.1, -0.05) is 6.07 Å². The van der Waals surface area contributed by atoms with Gasteiger partial charge < -0.3 is 5.32 Å². The summed E-state index contributed by atoms with van der Waals surface area (Å²) in [5, 5.41) is 12.2. The van der Waals surface area contributed by atoms with Gasteiger partial charge in [0, 0.05) is 23.9 Å². The fourth-order valence-electron chi connectivity index (χ4n) is 2.63. The van der Waals surface area contributed by atoms with Crippen LogP contribution in [0.3, 0.4) is 0 Å². The van der Waals surface area contributed by atoms with Crippen LogP contribution < -0.4 is 10.6 Å². The van der Waals surface area contributed by atoms with Crippen LogP contribution in [0.2, 0.25) is 0 Å². The summed E-state index contributed by atoms with van der Waals surface area (Å²) < 4.78 is 0. The molecule has 8 heteroatoms. The second-order valence-electron chi connectivity index (χ2n) is 5.60. The van der Waals surface area contributed by atoms with Crippen LogP contribution in [0.4, 0.5) is 11.6 Å². The predicted octanol–water partition coefficient (Wildman–Crippen LogP) is 2.00. The van der Waals surface area contributed by atoms with Gasteiger partial charge in [-0.2, -0.15) is 4.98 Å². The number of aryl methyl sites for hydroxylation is 1. The fourth-order valence-corrected chi connectivity index (χ4v) is 2.63. The van der Waals surface area contributed by atoms with E-state index in [1.807, 2.05) is 6.07 Å². The number of H-pyrrole nitrogens is 1. The van der Waals surface area contributed by atoms with E-state index in [-0.39, 0.29) is 17.8 Å². The van der Waals surface area contributed by atoms with Crippen LogP contribution in [0.1, 0.15) is 22.3 Å². The maximum Gasteiger partial charge on any atom is 0.258 e. The highest BCUT2D eigenvalue weighted by Gasteiger charge is 2.17. The molecule has 1 aliphatic rings. The zero-order valence-electron chi connectivity index (χ0n) is 13.1. The zero-order valence-corrected chi connectivity index (χ0v) is 13.1. The molecule has 4 rings (SSSR count). The molecular weight excluding hydrogens is 320 g/mol. The van der Waals surface area contributed by atoms with Gasteiger partial charge in [-0.15, -0.1) is 5.10 Å². The molecule has 0 aliphatic carbocycles. The number of hydrogen-bond acceptors (Lipinski definition) is 5. The Morgan fingerprint density at radius 1 is 1.16 bits per heavy atom. The van der Waals surface area contributed by atoms with Crippen LogP contribution in [0.25, 0.3) is 11.5 Å². The van der Waals surface area contributed by atoms with Gasteiger partial charge in [0.25, 0.3) is 5.91 Å². The number of carbonyl (C=O) groups excluding carboxylic acids is 2. The van der Waals surface area contributed by atoms with Gasteiger partial charge in [0.05, 0.1) is 0 Å². The number of aromatic nitrogens is 4. The Labute approximate surface area is 142 Å². The molecule has 2 amide bonds. The van der Waals surface area contributed by atoms with Gasteiger partial charge in [0.2, 0.25) is 11.9 Å². The summed E-state index contributed by atoms with van der Waals surface area (Å²) in [5.41, 5.74) is 2.82. The van der Waals surface area contributed by atoms with Gasteiger partial charge in [0.1, 0.15) is 5.69 Å². The molecule has 3 aromatic rings. The Morgan fingerprint density at radius 2 is 2.08 bits per heavy atom. The molecule has 3 heterocycles. The number of hydrogen-bond donors (Lipinski definition) is 3. The van der Waals surface area contributed by atoms with Crippen molar-refractivity contribution in [1.29, 1.82) is 0 Å². The standard InChI is InChI=1S/C17H14N6O2/c24-14-7-5-10-9-11(4-6-12(10)19-14)16(25)21-17-20-15(22-23-17)13-3-1-2-8-18-13/h1-4,6,8-9H,5,7H2,(H,19,24)(H2,20,21,22,23,25). The first-order valence-electron chi connectivity index (χ1n) is 7.77. The SMILES string of the molecule is O=C1CCc2cc(C(=O)Nc3n[nH]c(-c4ccccn4)n3)ccc2N1. The van der Waals surface area contributed by atoms with Gasteiger partial charge >= 0.3 is 0 Å². The van der Waals surface area contributed by atoms with E-state index in [0.717, 1.165) is 11.3 Å². The summed E-state index contributed by atoms with van der Waals surface area (Å²) in [6.07, 6.45) is 2.70. The number of nitrogens with one attached hydrogen (secondary N) is 3. The van der Waals surface area contributed by atoms with Crippen molar-refractivity contribution in [3.8, 4) is 11.5 Å². The number of benzene rings is 1. The molecule has 25 heavy (non-hydrogen) atoms. The van der Waals surface area contributed by atoms with Crippen molar-refractivity contribution < 1.29 is 9.59 Å². The number of fused-ring (bicyclic) bond motifs is 1. The van der Waals surface area contributed by atoms with Gasteiger partial charge in [-0.25, -0.2) is 0 Å². The number of carbonyl (C=O) groups is 2. The van der Waals surface area contributed by atoms with E-state index in [9.17, 15) is 9.59 Å². The van der Waals surface area contributed by atoms with Crippen LogP contribution in [0.5, 0.6) is 0 Å². The third-order valence-corrected chi connectivity index (χ3v) is 3.88. The fraction of sp³-hybridized carbons (Fsp3) is 0.118. The van der Waals surface area contributed by atoms with E-state index in [0.29, 0.717) is 29.9 Å². The van der Waals surface area contributed by atoms with Crippen LogP contribution in [-0.4, -0.2) is 32.0 Å². The van der Waals surface area contributed by atoms with Crippen LogP contribution >= 0.6 is 0 Å². The molecule has 1 aromatic carbocycles. The Morgan fingerprint density at radius 3 is 2.92 bits per heavy atom. The number of amides is 2. The highest BCUT2D eigenvalue weighted by atomic mass is 16.2.